The predicted molar refractivity (Wildman–Crippen MR) is 114 cm³/mol. The number of nitrogens with zero attached hydrogens (tertiary/aromatic N) is 3. The van der Waals surface area contributed by atoms with Crippen LogP contribution in [0.4, 0.5) is 4.79 Å². The van der Waals surface area contributed by atoms with Gasteiger partial charge in [-0.2, -0.15) is 0 Å². The molecule has 28 heavy (non-hydrogen) atoms. The zero-order valence-corrected chi connectivity index (χ0v) is 18.8. The number of piperidine rings is 1. The van der Waals surface area contributed by atoms with Crippen LogP contribution in [0.25, 0.3) is 0 Å². The largest absolute Gasteiger partial charge is 0.444 e. The van der Waals surface area contributed by atoms with Gasteiger partial charge in [0, 0.05) is 39.4 Å². The lowest BCUT2D eigenvalue weighted by Gasteiger charge is -2.33. The van der Waals surface area contributed by atoms with Crippen LogP contribution in [0.2, 0.25) is 10.2 Å². The van der Waals surface area contributed by atoms with Crippen LogP contribution in [-0.4, -0.2) is 53.8 Å². The third kappa shape index (κ3) is 6.48. The van der Waals surface area contributed by atoms with E-state index in [0.717, 1.165) is 31.0 Å². The smallest absolute Gasteiger partial charge is 0.410 e. The van der Waals surface area contributed by atoms with E-state index in [1.54, 1.807) is 11.9 Å². The van der Waals surface area contributed by atoms with Crippen LogP contribution in [0.5, 0.6) is 0 Å². The monoisotopic (exact) mass is 431 g/mol. The molecule has 0 aliphatic carbocycles. The summed E-state index contributed by atoms with van der Waals surface area (Å²) in [5, 5.41) is 7.71. The first-order valence-corrected chi connectivity index (χ1v) is 10.3. The molecule has 1 saturated heterocycles. The zero-order valence-electron chi connectivity index (χ0n) is 17.3. The Morgan fingerprint density at radius 1 is 1.29 bits per heavy atom. The summed E-state index contributed by atoms with van der Waals surface area (Å²) in [5.74, 6) is 1.21. The van der Waals surface area contributed by atoms with Gasteiger partial charge in [-0.05, 0) is 45.6 Å². The number of rotatable bonds is 4. The molecule has 1 aromatic heterocycles. The second-order valence-electron chi connectivity index (χ2n) is 8.05. The van der Waals surface area contributed by atoms with E-state index < -0.39 is 5.60 Å². The average Bonchev–Trinajstić information content (AvgIpc) is 2.88. The van der Waals surface area contributed by atoms with Gasteiger partial charge < -0.3 is 24.8 Å². The Hall–Kier alpha value is -1.60. The molecule has 1 aliphatic rings. The van der Waals surface area contributed by atoms with Crippen molar-refractivity contribution in [2.45, 2.75) is 45.8 Å². The maximum Gasteiger partial charge on any atom is 0.410 e. The van der Waals surface area contributed by atoms with Crippen molar-refractivity contribution in [3.05, 3.63) is 21.9 Å². The topological polar surface area (TPSA) is 70.9 Å². The third-order valence-corrected chi connectivity index (χ3v) is 5.54. The third-order valence-electron chi connectivity index (χ3n) is 4.70. The van der Waals surface area contributed by atoms with Gasteiger partial charge in [-0.25, -0.2) is 4.79 Å². The molecular formula is C19H31Cl2N5O2. The van der Waals surface area contributed by atoms with Gasteiger partial charge in [0.1, 0.15) is 10.8 Å². The average molecular weight is 432 g/mol. The molecule has 9 heteroatoms. The molecule has 2 N–H and O–H groups in total. The fraction of sp³-hybridized carbons (Fsp3) is 0.684. The van der Waals surface area contributed by atoms with E-state index in [0.29, 0.717) is 35.7 Å². The van der Waals surface area contributed by atoms with Gasteiger partial charge in [0.2, 0.25) is 0 Å². The van der Waals surface area contributed by atoms with Gasteiger partial charge in [-0.1, -0.05) is 23.2 Å². The quantitative estimate of drug-likeness (QED) is 0.563. The van der Waals surface area contributed by atoms with Crippen molar-refractivity contribution < 1.29 is 9.53 Å². The molecule has 0 radical (unpaired) electrons. The van der Waals surface area contributed by atoms with Crippen molar-refractivity contribution >= 4 is 35.3 Å². The van der Waals surface area contributed by atoms with Crippen LogP contribution >= 0.6 is 23.2 Å². The molecule has 7 nitrogen and oxygen atoms in total. The van der Waals surface area contributed by atoms with Crippen LogP contribution in [0.15, 0.2) is 11.1 Å². The van der Waals surface area contributed by atoms with Crippen molar-refractivity contribution in [2.24, 2.45) is 18.0 Å². The molecule has 0 aromatic carbocycles. The number of aliphatic imine (C=N–C) groups is 1. The number of hydrogen-bond acceptors (Lipinski definition) is 3. The summed E-state index contributed by atoms with van der Waals surface area (Å²) in [6.45, 7) is 8.46. The van der Waals surface area contributed by atoms with E-state index in [9.17, 15) is 4.79 Å². The fourth-order valence-corrected chi connectivity index (χ4v) is 3.46. The second-order valence-corrected chi connectivity index (χ2v) is 8.82. The van der Waals surface area contributed by atoms with E-state index in [4.69, 9.17) is 27.9 Å². The molecule has 0 atom stereocenters. The molecule has 0 saturated carbocycles. The normalized spacial score (nSPS) is 16.2. The Morgan fingerprint density at radius 3 is 2.43 bits per heavy atom. The van der Waals surface area contributed by atoms with E-state index >= 15 is 0 Å². The molecule has 2 rings (SSSR count). The number of nitrogens with one attached hydrogen (secondary N) is 2. The molecule has 1 aromatic rings. The first-order valence-electron chi connectivity index (χ1n) is 9.52. The minimum Gasteiger partial charge on any atom is -0.444 e. The van der Waals surface area contributed by atoms with E-state index in [-0.39, 0.29) is 6.09 Å². The lowest BCUT2D eigenvalue weighted by atomic mass is 9.97. The van der Waals surface area contributed by atoms with Crippen LogP contribution < -0.4 is 10.6 Å². The van der Waals surface area contributed by atoms with Crippen LogP contribution in [0, 0.1) is 5.92 Å². The highest BCUT2D eigenvalue weighted by molar-refractivity contribution is 6.41. The molecule has 0 bridgehead atoms. The molecule has 1 amide bonds. The molecular weight excluding hydrogens is 401 g/mol. The minimum absolute atomic E-state index is 0.226. The van der Waals surface area contributed by atoms with Gasteiger partial charge in [0.25, 0.3) is 0 Å². The predicted octanol–water partition coefficient (Wildman–Crippen LogP) is 3.64. The molecule has 1 fully saturated rings. The Balaban J connectivity index is 1.74. The number of carbonyl (C=O) groups excluding carboxylic acids is 1. The maximum atomic E-state index is 12.1. The number of amides is 1. The Bertz CT molecular complexity index is 704. The number of aromatic nitrogens is 1. The van der Waals surface area contributed by atoms with E-state index in [1.165, 1.54) is 0 Å². The van der Waals surface area contributed by atoms with Gasteiger partial charge in [0.05, 0.1) is 11.6 Å². The Labute approximate surface area is 177 Å². The lowest BCUT2D eigenvalue weighted by Crippen LogP contribution is -2.45. The summed E-state index contributed by atoms with van der Waals surface area (Å²) < 4.78 is 7.29. The highest BCUT2D eigenvalue weighted by atomic mass is 35.5. The molecule has 158 valence electrons. The number of likely N-dealkylation sites (tertiary alicyclic amines) is 1. The highest BCUT2D eigenvalue weighted by Crippen LogP contribution is 2.25. The van der Waals surface area contributed by atoms with Crippen molar-refractivity contribution in [1.82, 2.24) is 20.1 Å². The first kappa shape index (κ1) is 22.7. The standard InChI is InChI=1S/C19H31Cl2N5O2/c1-19(2,3)28-18(27)26-8-6-13(7-9-26)11-23-17(22-4)24-12-14-10-15(20)16(21)25(14)5/h10,13H,6-9,11-12H2,1-5H3,(H2,22,23,24). The second kappa shape index (κ2) is 9.74. The molecule has 2 heterocycles. The van der Waals surface area contributed by atoms with Gasteiger partial charge in [-0.3, -0.25) is 4.99 Å². The lowest BCUT2D eigenvalue weighted by molar-refractivity contribution is 0.0185. The maximum absolute atomic E-state index is 12.1. The number of carbonyl (C=O) groups is 1. The molecule has 0 unspecified atom stereocenters. The summed E-state index contributed by atoms with van der Waals surface area (Å²) in [5.41, 5.74) is 0.518. The SMILES string of the molecule is CN=C(NCc1cc(Cl)c(Cl)n1C)NCC1CCN(C(=O)OC(C)(C)C)CC1. The highest BCUT2D eigenvalue weighted by Gasteiger charge is 2.26. The number of ether oxygens (including phenoxy) is 1. The summed E-state index contributed by atoms with van der Waals surface area (Å²) in [7, 11) is 3.62. The van der Waals surface area contributed by atoms with E-state index in [1.807, 2.05) is 38.5 Å². The molecule has 0 spiro atoms. The minimum atomic E-state index is -0.458. The van der Waals surface area contributed by atoms with Gasteiger partial charge in [-0.15, -0.1) is 0 Å². The first-order chi connectivity index (χ1) is 13.1. The van der Waals surface area contributed by atoms with Crippen molar-refractivity contribution in [1.29, 1.82) is 0 Å². The number of hydrogen-bond donors (Lipinski definition) is 2. The Kier molecular flexibility index (Phi) is 7.89. The van der Waals surface area contributed by atoms with Crippen molar-refractivity contribution in [2.75, 3.05) is 26.7 Å². The molecule has 1 aliphatic heterocycles. The fourth-order valence-electron chi connectivity index (χ4n) is 3.04. The van der Waals surface area contributed by atoms with Crippen LogP contribution in [-0.2, 0) is 18.3 Å². The zero-order chi connectivity index (χ0) is 20.9. The van der Waals surface area contributed by atoms with Gasteiger partial charge >= 0.3 is 6.09 Å². The number of halogens is 2. The number of guanidine groups is 1. The van der Waals surface area contributed by atoms with Crippen LogP contribution in [0.1, 0.15) is 39.3 Å². The van der Waals surface area contributed by atoms with Crippen LogP contribution in [0.3, 0.4) is 0 Å². The summed E-state index contributed by atoms with van der Waals surface area (Å²) in [4.78, 5) is 18.2. The Morgan fingerprint density at radius 2 is 1.93 bits per heavy atom. The van der Waals surface area contributed by atoms with Crippen molar-refractivity contribution in [3.8, 4) is 0 Å². The van der Waals surface area contributed by atoms with Crippen molar-refractivity contribution in [3.63, 3.8) is 0 Å². The summed E-state index contributed by atoms with van der Waals surface area (Å²) in [6, 6.07) is 1.84. The van der Waals surface area contributed by atoms with Gasteiger partial charge in [0.15, 0.2) is 5.96 Å². The van der Waals surface area contributed by atoms with E-state index in [2.05, 4.69) is 15.6 Å². The summed E-state index contributed by atoms with van der Waals surface area (Å²) >= 11 is 12.2. The summed E-state index contributed by atoms with van der Waals surface area (Å²) in [6.07, 6.45) is 1.65.